The summed E-state index contributed by atoms with van der Waals surface area (Å²) in [6, 6.07) is 11.0. The lowest BCUT2D eigenvalue weighted by molar-refractivity contribution is 0.0281. The number of nitrogens with one attached hydrogen (secondary N) is 2. The molecule has 0 spiro atoms. The average Bonchev–Trinajstić information content (AvgIpc) is 3.06. The maximum atomic E-state index is 11.4. The molecule has 2 aromatic carbocycles. The van der Waals surface area contributed by atoms with E-state index in [1.807, 2.05) is 38.1 Å². The van der Waals surface area contributed by atoms with E-state index in [1.165, 1.54) is 0 Å². The Morgan fingerprint density at radius 1 is 1.16 bits per heavy atom. The van der Waals surface area contributed by atoms with Gasteiger partial charge in [0.2, 0.25) is 10.0 Å². The van der Waals surface area contributed by atoms with E-state index in [0.29, 0.717) is 11.4 Å². The molecule has 0 aliphatic carbocycles. The maximum absolute atomic E-state index is 11.4. The lowest BCUT2D eigenvalue weighted by Gasteiger charge is -2.32. The molecule has 25 heavy (non-hydrogen) atoms. The van der Waals surface area contributed by atoms with Crippen LogP contribution in [0.25, 0.3) is 10.8 Å². The molecule has 3 rings (SSSR count). The predicted octanol–water partition coefficient (Wildman–Crippen LogP) is 2.83. The van der Waals surface area contributed by atoms with Crippen molar-refractivity contribution in [1.29, 1.82) is 0 Å². The van der Waals surface area contributed by atoms with E-state index in [0.717, 1.165) is 22.6 Å². The SMILES string of the molecule is CC(C)C(O)(c1ccc2cc(NS(C)(=O)=O)ccc2c1)c1cnc[nH]1. The van der Waals surface area contributed by atoms with Crippen LogP contribution in [0.1, 0.15) is 25.1 Å². The van der Waals surface area contributed by atoms with E-state index in [4.69, 9.17) is 0 Å². The molecule has 132 valence electrons. The molecule has 0 amide bonds. The van der Waals surface area contributed by atoms with Crippen LogP contribution in [-0.2, 0) is 15.6 Å². The van der Waals surface area contributed by atoms with Crippen LogP contribution in [0.2, 0.25) is 0 Å². The summed E-state index contributed by atoms with van der Waals surface area (Å²) in [7, 11) is -3.32. The van der Waals surface area contributed by atoms with E-state index in [1.54, 1.807) is 24.7 Å². The van der Waals surface area contributed by atoms with E-state index in [9.17, 15) is 13.5 Å². The highest BCUT2D eigenvalue weighted by Gasteiger charge is 2.36. The summed E-state index contributed by atoms with van der Waals surface area (Å²) in [4.78, 5) is 7.03. The third-order valence-electron chi connectivity index (χ3n) is 4.33. The molecule has 0 aliphatic rings. The van der Waals surface area contributed by atoms with Crippen molar-refractivity contribution in [3.63, 3.8) is 0 Å². The first-order chi connectivity index (χ1) is 11.7. The zero-order valence-corrected chi connectivity index (χ0v) is 15.1. The van der Waals surface area contributed by atoms with Crippen molar-refractivity contribution in [1.82, 2.24) is 9.97 Å². The molecule has 3 N–H and O–H groups in total. The first kappa shape index (κ1) is 17.4. The molecule has 1 atom stereocenters. The highest BCUT2D eigenvalue weighted by atomic mass is 32.2. The minimum atomic E-state index is -3.32. The van der Waals surface area contributed by atoms with Crippen LogP contribution < -0.4 is 4.72 Å². The molecule has 1 aromatic heterocycles. The normalized spacial score (nSPS) is 14.6. The summed E-state index contributed by atoms with van der Waals surface area (Å²) in [6.45, 7) is 3.90. The molecule has 0 saturated carbocycles. The number of H-pyrrole nitrogens is 1. The van der Waals surface area contributed by atoms with Crippen molar-refractivity contribution in [3.8, 4) is 0 Å². The van der Waals surface area contributed by atoms with Crippen LogP contribution in [0.4, 0.5) is 5.69 Å². The van der Waals surface area contributed by atoms with Crippen molar-refractivity contribution in [2.24, 2.45) is 5.92 Å². The number of benzene rings is 2. The van der Waals surface area contributed by atoms with Crippen LogP contribution in [-0.4, -0.2) is 29.7 Å². The largest absolute Gasteiger partial charge is 0.379 e. The molecule has 0 radical (unpaired) electrons. The second-order valence-electron chi connectivity index (χ2n) is 6.54. The topological polar surface area (TPSA) is 95.1 Å². The van der Waals surface area contributed by atoms with Crippen molar-refractivity contribution in [2.75, 3.05) is 11.0 Å². The Bertz CT molecular complexity index is 998. The predicted molar refractivity (Wildman–Crippen MR) is 98.8 cm³/mol. The minimum absolute atomic E-state index is 0.0726. The van der Waals surface area contributed by atoms with Crippen LogP contribution in [0, 0.1) is 5.92 Å². The second kappa shape index (κ2) is 6.16. The van der Waals surface area contributed by atoms with Gasteiger partial charge in [0.15, 0.2) is 0 Å². The fourth-order valence-corrected chi connectivity index (χ4v) is 3.58. The molecule has 7 heteroatoms. The lowest BCUT2D eigenvalue weighted by Crippen LogP contribution is -2.33. The van der Waals surface area contributed by atoms with Gasteiger partial charge in [-0.2, -0.15) is 0 Å². The van der Waals surface area contributed by atoms with Gasteiger partial charge in [-0.3, -0.25) is 4.72 Å². The van der Waals surface area contributed by atoms with Gasteiger partial charge >= 0.3 is 0 Å². The number of aromatic amines is 1. The average molecular weight is 359 g/mol. The van der Waals surface area contributed by atoms with Crippen molar-refractivity contribution in [3.05, 3.63) is 60.2 Å². The summed E-state index contributed by atoms with van der Waals surface area (Å²) < 4.78 is 25.2. The summed E-state index contributed by atoms with van der Waals surface area (Å²) in [5, 5.41) is 13.1. The first-order valence-electron chi connectivity index (χ1n) is 7.93. The fraction of sp³-hybridized carbons (Fsp3) is 0.278. The molecule has 6 nitrogen and oxygen atoms in total. The number of anilines is 1. The van der Waals surface area contributed by atoms with Gasteiger partial charge in [0, 0.05) is 5.69 Å². The molecule has 1 heterocycles. The Labute approximate surface area is 147 Å². The molecular weight excluding hydrogens is 338 g/mol. The number of hydrogen-bond donors (Lipinski definition) is 3. The number of hydrogen-bond acceptors (Lipinski definition) is 4. The third-order valence-corrected chi connectivity index (χ3v) is 4.93. The first-order valence-corrected chi connectivity index (χ1v) is 9.82. The summed E-state index contributed by atoms with van der Waals surface area (Å²) in [5.41, 5.74) is 0.713. The van der Waals surface area contributed by atoms with E-state index < -0.39 is 15.6 Å². The third kappa shape index (κ3) is 3.38. The summed E-state index contributed by atoms with van der Waals surface area (Å²) >= 11 is 0. The molecule has 0 bridgehead atoms. The van der Waals surface area contributed by atoms with Crippen molar-refractivity contribution < 1.29 is 13.5 Å². The number of rotatable bonds is 5. The smallest absolute Gasteiger partial charge is 0.229 e. The van der Waals surface area contributed by atoms with Crippen molar-refractivity contribution >= 4 is 26.5 Å². The van der Waals surface area contributed by atoms with Crippen LogP contribution in [0.5, 0.6) is 0 Å². The van der Waals surface area contributed by atoms with Gasteiger partial charge in [0.1, 0.15) is 5.60 Å². The van der Waals surface area contributed by atoms with Gasteiger partial charge in [0.05, 0.1) is 24.5 Å². The highest BCUT2D eigenvalue weighted by molar-refractivity contribution is 7.92. The lowest BCUT2D eigenvalue weighted by atomic mass is 9.80. The molecular formula is C18H21N3O3S. The Kier molecular flexibility index (Phi) is 4.30. The van der Waals surface area contributed by atoms with Gasteiger partial charge < -0.3 is 10.1 Å². The monoisotopic (exact) mass is 359 g/mol. The van der Waals surface area contributed by atoms with Crippen LogP contribution >= 0.6 is 0 Å². The van der Waals surface area contributed by atoms with Crippen LogP contribution in [0.15, 0.2) is 48.9 Å². The number of aromatic nitrogens is 2. The fourth-order valence-electron chi connectivity index (χ4n) is 3.02. The summed E-state index contributed by atoms with van der Waals surface area (Å²) in [5.74, 6) is -0.0726. The zero-order chi connectivity index (χ0) is 18.2. The number of fused-ring (bicyclic) bond motifs is 1. The molecule has 1 unspecified atom stereocenters. The van der Waals surface area contributed by atoms with Crippen molar-refractivity contribution in [2.45, 2.75) is 19.4 Å². The summed E-state index contributed by atoms with van der Waals surface area (Å²) in [6.07, 6.45) is 4.30. The van der Waals surface area contributed by atoms with Gasteiger partial charge in [-0.25, -0.2) is 13.4 Å². The molecule has 3 aromatic rings. The Morgan fingerprint density at radius 3 is 2.44 bits per heavy atom. The standard InChI is InChI=1S/C18H21N3O3S/c1-12(2)18(22,17-10-19-11-20-17)15-6-4-14-9-16(21-25(3,23)24)7-5-13(14)8-15/h4-12,21-22H,1-3H3,(H,19,20). The maximum Gasteiger partial charge on any atom is 0.229 e. The zero-order valence-electron chi connectivity index (χ0n) is 14.3. The number of nitrogens with zero attached hydrogens (tertiary/aromatic N) is 1. The Morgan fingerprint density at radius 2 is 1.84 bits per heavy atom. The number of imidazole rings is 1. The number of sulfonamides is 1. The highest BCUT2D eigenvalue weighted by Crippen LogP contribution is 2.37. The number of aliphatic hydroxyl groups is 1. The molecule has 0 fully saturated rings. The minimum Gasteiger partial charge on any atom is -0.379 e. The molecule has 0 saturated heterocycles. The van der Waals surface area contributed by atoms with E-state index in [-0.39, 0.29) is 5.92 Å². The van der Waals surface area contributed by atoms with Crippen LogP contribution in [0.3, 0.4) is 0 Å². The van der Waals surface area contributed by atoms with Gasteiger partial charge in [0.25, 0.3) is 0 Å². The Balaban J connectivity index is 2.08. The second-order valence-corrected chi connectivity index (χ2v) is 8.29. The van der Waals surface area contributed by atoms with Gasteiger partial charge in [-0.05, 0) is 40.5 Å². The van der Waals surface area contributed by atoms with Gasteiger partial charge in [-0.1, -0.05) is 32.0 Å². The van der Waals surface area contributed by atoms with E-state index in [2.05, 4.69) is 14.7 Å². The quantitative estimate of drug-likeness (QED) is 0.653. The van der Waals surface area contributed by atoms with E-state index >= 15 is 0 Å². The Hall–Kier alpha value is -2.38. The van der Waals surface area contributed by atoms with Gasteiger partial charge in [-0.15, -0.1) is 0 Å². The molecule has 0 aliphatic heterocycles.